The first-order chi connectivity index (χ1) is 23.2. The van der Waals surface area contributed by atoms with E-state index in [4.69, 9.17) is 4.74 Å². The number of carbonyl (C=O) groups is 2. The molecular formula is C36H30F4INO6S. The summed E-state index contributed by atoms with van der Waals surface area (Å²) >= 11 is 2.28. The Kier molecular flexibility index (Phi) is 11.1. The highest BCUT2D eigenvalue weighted by atomic mass is 127. The number of nitrogens with zero attached hydrogens (tertiary/aromatic N) is 1. The summed E-state index contributed by atoms with van der Waals surface area (Å²) in [5, 5.41) is 0. The average molecular weight is 808 g/mol. The highest BCUT2D eigenvalue weighted by Gasteiger charge is 2.50. The molecular weight excluding hydrogens is 777 g/mol. The molecule has 13 heteroatoms. The van der Waals surface area contributed by atoms with E-state index in [9.17, 15) is 35.6 Å². The largest absolute Gasteiger partial charge is 0.534 e. The third kappa shape index (κ3) is 8.68. The van der Waals surface area contributed by atoms with E-state index >= 15 is 0 Å². The Labute approximate surface area is 294 Å². The SMILES string of the molecule is CC(=O)O[C@@H](CC[C@H]1C(=O)N(c2ccc(OS(=O)(=O)C(F)(F)F)cc2)[C@@H]1c1ccc(C/C=C/c2ccccc2I)cc1)c1ccc(F)cc1. The van der Waals surface area contributed by atoms with E-state index in [1.165, 1.54) is 48.2 Å². The van der Waals surface area contributed by atoms with Crippen molar-refractivity contribution in [2.75, 3.05) is 4.90 Å². The van der Waals surface area contributed by atoms with Gasteiger partial charge in [0.15, 0.2) is 0 Å². The second-order valence-electron chi connectivity index (χ2n) is 11.3. The number of hydrogen-bond donors (Lipinski definition) is 0. The zero-order valence-corrected chi connectivity index (χ0v) is 28.9. The minimum absolute atomic E-state index is 0.259. The van der Waals surface area contributed by atoms with Crippen molar-refractivity contribution in [1.82, 2.24) is 0 Å². The minimum atomic E-state index is -5.87. The van der Waals surface area contributed by atoms with Crippen LogP contribution < -0.4 is 9.08 Å². The third-order valence-corrected chi connectivity index (χ3v) is 9.95. The summed E-state index contributed by atoms with van der Waals surface area (Å²) in [5.41, 5.74) is -1.78. The number of β-lactam (4-membered cyclic amide) rings is 1. The molecule has 0 aliphatic carbocycles. The monoisotopic (exact) mass is 807 g/mol. The van der Waals surface area contributed by atoms with Crippen molar-refractivity contribution in [1.29, 1.82) is 0 Å². The van der Waals surface area contributed by atoms with Crippen molar-refractivity contribution in [3.63, 3.8) is 0 Å². The number of alkyl halides is 3. The fourth-order valence-electron chi connectivity index (χ4n) is 5.62. The van der Waals surface area contributed by atoms with Gasteiger partial charge >= 0.3 is 21.6 Å². The molecule has 1 amide bonds. The maximum atomic E-state index is 13.7. The predicted molar refractivity (Wildman–Crippen MR) is 184 cm³/mol. The lowest BCUT2D eigenvalue weighted by molar-refractivity contribution is -0.147. The van der Waals surface area contributed by atoms with Gasteiger partial charge in [0, 0.05) is 16.2 Å². The first-order valence-corrected chi connectivity index (χ1v) is 17.6. The molecule has 0 unspecified atom stereocenters. The molecule has 0 aromatic heterocycles. The van der Waals surface area contributed by atoms with Gasteiger partial charge in [-0.25, -0.2) is 4.39 Å². The summed E-state index contributed by atoms with van der Waals surface area (Å²) in [5.74, 6) is -2.39. The lowest BCUT2D eigenvalue weighted by atomic mass is 9.78. The lowest BCUT2D eigenvalue weighted by Crippen LogP contribution is -2.55. The van der Waals surface area contributed by atoms with Crippen molar-refractivity contribution in [3.8, 4) is 5.75 Å². The molecule has 0 spiro atoms. The Morgan fingerprint density at radius 1 is 0.959 bits per heavy atom. The van der Waals surface area contributed by atoms with Gasteiger partial charge in [-0.1, -0.05) is 66.7 Å². The Morgan fingerprint density at radius 3 is 2.22 bits per heavy atom. The zero-order valence-electron chi connectivity index (χ0n) is 25.9. The number of ether oxygens (including phenoxy) is 1. The average Bonchev–Trinajstić information content (AvgIpc) is 3.05. The zero-order chi connectivity index (χ0) is 35.3. The summed E-state index contributed by atoms with van der Waals surface area (Å²) in [4.78, 5) is 27.0. The Balaban J connectivity index is 1.38. The van der Waals surface area contributed by atoms with Crippen LogP contribution in [0, 0.1) is 15.3 Å². The standard InChI is InChI=1S/C36H30F4INO6S/c1-23(43)47-33(26-13-15-28(37)16-14-26)22-21-31-34(27-11-9-24(10-12-27)5-4-7-25-6-2-3-8-32(25)41)42(35(31)44)29-17-19-30(20-18-29)48-49(45,46)36(38,39)40/h2-4,6-20,31,33-34H,5,21-22H2,1H3/b7-4+/t31-,33+,34-/m1/s1. The molecule has 1 aliphatic heterocycles. The lowest BCUT2D eigenvalue weighted by Gasteiger charge is -2.48. The summed E-state index contributed by atoms with van der Waals surface area (Å²) in [6.45, 7) is 1.26. The molecule has 0 bridgehead atoms. The van der Waals surface area contributed by atoms with Crippen molar-refractivity contribution in [3.05, 3.63) is 135 Å². The number of halogens is 5. The van der Waals surface area contributed by atoms with Crippen LogP contribution in [0.3, 0.4) is 0 Å². The molecule has 3 atom stereocenters. The van der Waals surface area contributed by atoms with Crippen molar-refractivity contribution < 1.29 is 44.5 Å². The van der Waals surface area contributed by atoms with Gasteiger partial charge in [-0.3, -0.25) is 9.59 Å². The fraction of sp³-hybridized carbons (Fsp3) is 0.222. The van der Waals surface area contributed by atoms with Crippen LogP contribution in [-0.4, -0.2) is 25.8 Å². The molecule has 256 valence electrons. The van der Waals surface area contributed by atoms with Gasteiger partial charge < -0.3 is 13.8 Å². The number of esters is 1. The molecule has 0 radical (unpaired) electrons. The highest BCUT2D eigenvalue weighted by Crippen LogP contribution is 2.47. The summed E-state index contributed by atoms with van der Waals surface area (Å²) in [6, 6.07) is 25.5. The van der Waals surface area contributed by atoms with Crippen LogP contribution in [0.25, 0.3) is 6.08 Å². The number of carbonyl (C=O) groups excluding carboxylic acids is 2. The van der Waals surface area contributed by atoms with Crippen LogP contribution in [0.5, 0.6) is 5.75 Å². The number of amides is 1. The van der Waals surface area contributed by atoms with E-state index < -0.39 is 51.2 Å². The first-order valence-electron chi connectivity index (χ1n) is 15.1. The normalized spacial score (nSPS) is 17.1. The fourth-order valence-corrected chi connectivity index (χ4v) is 6.65. The van der Waals surface area contributed by atoms with Crippen LogP contribution in [-0.2, 0) is 30.9 Å². The van der Waals surface area contributed by atoms with Crippen molar-refractivity contribution in [2.24, 2.45) is 5.92 Å². The van der Waals surface area contributed by atoms with Crippen LogP contribution in [0.15, 0.2) is 103 Å². The summed E-state index contributed by atoms with van der Waals surface area (Å²) in [7, 11) is -5.87. The number of allylic oxidation sites excluding steroid dienone is 1. The van der Waals surface area contributed by atoms with Gasteiger partial charge in [0.2, 0.25) is 5.91 Å². The second-order valence-corrected chi connectivity index (χ2v) is 14.0. The van der Waals surface area contributed by atoms with E-state index in [-0.39, 0.29) is 12.3 Å². The molecule has 1 heterocycles. The number of rotatable bonds is 12. The molecule has 1 saturated heterocycles. The van der Waals surface area contributed by atoms with Crippen LogP contribution in [0.1, 0.15) is 54.2 Å². The van der Waals surface area contributed by atoms with Gasteiger partial charge in [0.05, 0.1) is 12.0 Å². The summed E-state index contributed by atoms with van der Waals surface area (Å²) in [6.07, 6.45) is 4.59. The van der Waals surface area contributed by atoms with Gasteiger partial charge in [0.1, 0.15) is 17.7 Å². The summed E-state index contributed by atoms with van der Waals surface area (Å²) < 4.78 is 85.9. The maximum absolute atomic E-state index is 13.7. The molecule has 0 N–H and O–H groups in total. The number of hydrogen-bond acceptors (Lipinski definition) is 6. The highest BCUT2D eigenvalue weighted by molar-refractivity contribution is 14.1. The van der Waals surface area contributed by atoms with Crippen LogP contribution >= 0.6 is 22.6 Å². The van der Waals surface area contributed by atoms with E-state index in [1.807, 2.05) is 54.6 Å². The maximum Gasteiger partial charge on any atom is 0.534 e. The first kappa shape index (κ1) is 36.1. The van der Waals surface area contributed by atoms with Crippen LogP contribution in [0.2, 0.25) is 0 Å². The van der Waals surface area contributed by atoms with Crippen molar-refractivity contribution in [2.45, 2.75) is 43.8 Å². The minimum Gasteiger partial charge on any atom is -0.458 e. The molecule has 1 aliphatic rings. The quantitative estimate of drug-likeness (QED) is 0.0356. The molecule has 0 saturated carbocycles. The van der Waals surface area contributed by atoms with Crippen molar-refractivity contribution >= 4 is 56.3 Å². The number of benzene rings is 4. The van der Waals surface area contributed by atoms with E-state index in [2.05, 4.69) is 32.8 Å². The smallest absolute Gasteiger partial charge is 0.458 e. The molecule has 5 rings (SSSR count). The Bertz CT molecular complexity index is 1930. The van der Waals surface area contributed by atoms with Gasteiger partial charge in [-0.05, 0) is 107 Å². The molecule has 7 nitrogen and oxygen atoms in total. The second kappa shape index (κ2) is 15.1. The van der Waals surface area contributed by atoms with E-state index in [0.717, 1.165) is 32.4 Å². The van der Waals surface area contributed by atoms with E-state index in [1.54, 1.807) is 0 Å². The third-order valence-electron chi connectivity index (χ3n) is 7.99. The number of anilines is 1. The van der Waals surface area contributed by atoms with Gasteiger partial charge in [-0.2, -0.15) is 21.6 Å². The Hall–Kier alpha value is -4.24. The van der Waals surface area contributed by atoms with Crippen LogP contribution in [0.4, 0.5) is 23.2 Å². The Morgan fingerprint density at radius 2 is 1.61 bits per heavy atom. The molecule has 4 aromatic rings. The predicted octanol–water partition coefficient (Wildman–Crippen LogP) is 8.70. The van der Waals surface area contributed by atoms with E-state index in [0.29, 0.717) is 24.1 Å². The van der Waals surface area contributed by atoms with Gasteiger partial charge in [-0.15, -0.1) is 0 Å². The molecule has 49 heavy (non-hydrogen) atoms. The molecule has 4 aromatic carbocycles. The molecule has 1 fully saturated rings. The van der Waals surface area contributed by atoms with Gasteiger partial charge in [0.25, 0.3) is 0 Å². The topological polar surface area (TPSA) is 90.0 Å².